The van der Waals surface area contributed by atoms with E-state index in [1.165, 1.54) is 28.0 Å². The number of pyridine rings is 1. The second-order valence-electron chi connectivity index (χ2n) is 8.64. The van der Waals surface area contributed by atoms with Crippen LogP contribution in [0.3, 0.4) is 0 Å². The molecule has 34 heavy (non-hydrogen) atoms. The number of para-hydroxylation sites is 1. The predicted octanol–water partition coefficient (Wildman–Crippen LogP) is 5.28. The van der Waals surface area contributed by atoms with Gasteiger partial charge in [0.05, 0.1) is 23.4 Å². The van der Waals surface area contributed by atoms with Crippen LogP contribution in [0, 0.1) is 12.8 Å². The number of fused-ring (bicyclic) bond motifs is 4. The molecule has 0 unspecified atom stereocenters. The van der Waals surface area contributed by atoms with E-state index in [2.05, 4.69) is 34.6 Å². The van der Waals surface area contributed by atoms with Gasteiger partial charge in [0.2, 0.25) is 5.91 Å². The lowest BCUT2D eigenvalue weighted by atomic mass is 9.88. The zero-order valence-electron chi connectivity index (χ0n) is 19.4. The zero-order valence-corrected chi connectivity index (χ0v) is 21.0. The Balaban J connectivity index is 1.39. The summed E-state index contributed by atoms with van der Waals surface area (Å²) in [4.78, 5) is 26.8. The maximum Gasteiger partial charge on any atom is 0.341 e. The molecule has 0 spiro atoms. The third kappa shape index (κ3) is 4.18. The molecule has 0 saturated carbocycles. The number of anilines is 1. The number of aryl methyl sites for hydroxylation is 1. The standard InChI is InChI=1S/C25H26N4O3S2/c1-4-32-24(31)21-17-10-9-14(2)11-19(17)34-23(21)26-20(30)13-33-25-28-27-22-15(3)12-16-7-5-6-8-18(16)29(22)25/h5-8,12,14H,4,9-11,13H2,1-3H3,(H,26,30)/t14-/m1/s1. The zero-order chi connectivity index (χ0) is 23.8. The van der Waals surface area contributed by atoms with Crippen molar-refractivity contribution in [3.8, 4) is 0 Å². The van der Waals surface area contributed by atoms with Gasteiger partial charge in [-0.3, -0.25) is 9.20 Å². The minimum Gasteiger partial charge on any atom is -0.462 e. The van der Waals surface area contributed by atoms with E-state index >= 15 is 0 Å². The monoisotopic (exact) mass is 494 g/mol. The molecule has 0 radical (unpaired) electrons. The number of hydrogen-bond donors (Lipinski definition) is 1. The van der Waals surface area contributed by atoms with E-state index in [0.29, 0.717) is 28.2 Å². The van der Waals surface area contributed by atoms with Gasteiger partial charge in [0.1, 0.15) is 5.00 Å². The fourth-order valence-corrected chi connectivity index (χ4v) is 6.66. The summed E-state index contributed by atoms with van der Waals surface area (Å²) in [5.74, 6) is 0.184. The van der Waals surface area contributed by atoms with Gasteiger partial charge in [-0.15, -0.1) is 21.5 Å². The Morgan fingerprint density at radius 1 is 1.29 bits per heavy atom. The quantitative estimate of drug-likeness (QED) is 0.290. The second kappa shape index (κ2) is 9.38. The molecule has 4 aromatic rings. The molecule has 3 heterocycles. The van der Waals surface area contributed by atoms with Crippen LogP contribution in [0.5, 0.6) is 0 Å². The molecule has 1 aromatic carbocycles. The van der Waals surface area contributed by atoms with Gasteiger partial charge >= 0.3 is 5.97 Å². The summed E-state index contributed by atoms with van der Waals surface area (Å²) in [5, 5.41) is 14.0. The van der Waals surface area contributed by atoms with E-state index in [-0.39, 0.29) is 17.6 Å². The highest BCUT2D eigenvalue weighted by Crippen LogP contribution is 2.40. The highest BCUT2D eigenvalue weighted by Gasteiger charge is 2.29. The van der Waals surface area contributed by atoms with E-state index < -0.39 is 0 Å². The number of thioether (sulfide) groups is 1. The number of hydrogen-bond acceptors (Lipinski definition) is 7. The van der Waals surface area contributed by atoms with Gasteiger partial charge in [-0.25, -0.2) is 4.79 Å². The number of carbonyl (C=O) groups excluding carboxylic acids is 2. The molecule has 5 rings (SSSR count). The highest BCUT2D eigenvalue weighted by molar-refractivity contribution is 7.99. The van der Waals surface area contributed by atoms with E-state index in [0.717, 1.165) is 46.9 Å². The molecule has 7 nitrogen and oxygen atoms in total. The van der Waals surface area contributed by atoms with E-state index in [4.69, 9.17) is 4.74 Å². The van der Waals surface area contributed by atoms with Crippen molar-refractivity contribution in [1.29, 1.82) is 0 Å². The topological polar surface area (TPSA) is 85.6 Å². The summed E-state index contributed by atoms with van der Waals surface area (Å²) in [7, 11) is 0. The third-order valence-electron chi connectivity index (χ3n) is 6.11. The minimum atomic E-state index is -0.358. The Kier molecular flexibility index (Phi) is 6.31. The van der Waals surface area contributed by atoms with Crippen LogP contribution in [-0.2, 0) is 22.4 Å². The molecule has 9 heteroatoms. The van der Waals surface area contributed by atoms with Crippen LogP contribution >= 0.6 is 23.1 Å². The third-order valence-corrected chi connectivity index (χ3v) is 8.21. The van der Waals surface area contributed by atoms with Crippen LogP contribution in [0.2, 0.25) is 0 Å². The Hall–Kier alpha value is -2.91. The summed E-state index contributed by atoms with van der Waals surface area (Å²) in [6, 6.07) is 10.2. The molecule has 1 atom stereocenters. The van der Waals surface area contributed by atoms with Crippen molar-refractivity contribution in [3.63, 3.8) is 0 Å². The fourth-order valence-electron chi connectivity index (χ4n) is 4.50. The lowest BCUT2D eigenvalue weighted by molar-refractivity contribution is -0.113. The number of amides is 1. The number of esters is 1. The molecule has 0 aliphatic heterocycles. The normalized spacial score (nSPS) is 15.4. The van der Waals surface area contributed by atoms with Crippen LogP contribution < -0.4 is 5.32 Å². The smallest absolute Gasteiger partial charge is 0.341 e. The minimum absolute atomic E-state index is 0.157. The molecule has 1 aliphatic carbocycles. The Morgan fingerprint density at radius 2 is 2.12 bits per heavy atom. The first kappa shape index (κ1) is 22.9. The number of aromatic nitrogens is 3. The summed E-state index contributed by atoms with van der Waals surface area (Å²) in [6.45, 7) is 6.32. The van der Waals surface area contributed by atoms with E-state index in [9.17, 15) is 9.59 Å². The Bertz CT molecular complexity index is 1410. The van der Waals surface area contributed by atoms with E-state index in [1.54, 1.807) is 6.92 Å². The first-order valence-electron chi connectivity index (χ1n) is 11.4. The van der Waals surface area contributed by atoms with Gasteiger partial charge in [0.25, 0.3) is 0 Å². The van der Waals surface area contributed by atoms with Crippen LogP contribution in [0.1, 0.15) is 46.6 Å². The molecule has 0 fully saturated rings. The predicted molar refractivity (Wildman–Crippen MR) is 136 cm³/mol. The summed E-state index contributed by atoms with van der Waals surface area (Å²) < 4.78 is 7.31. The fraction of sp³-hybridized carbons (Fsp3) is 0.360. The van der Waals surface area contributed by atoms with Crippen molar-refractivity contribution >= 4 is 56.5 Å². The molecule has 0 saturated heterocycles. The number of rotatable bonds is 6. The molecule has 3 aromatic heterocycles. The van der Waals surface area contributed by atoms with E-state index in [1.807, 2.05) is 29.5 Å². The van der Waals surface area contributed by atoms with Crippen LogP contribution in [0.15, 0.2) is 35.5 Å². The number of carbonyl (C=O) groups is 2. The van der Waals surface area contributed by atoms with Gasteiger partial charge in [-0.2, -0.15) is 0 Å². The molecule has 1 N–H and O–H groups in total. The number of ether oxygens (including phenoxy) is 1. The maximum atomic E-state index is 12.9. The maximum absolute atomic E-state index is 12.9. The second-order valence-corrected chi connectivity index (χ2v) is 10.7. The molecular weight excluding hydrogens is 468 g/mol. The number of benzene rings is 1. The number of nitrogens with one attached hydrogen (secondary N) is 1. The average molecular weight is 495 g/mol. The largest absolute Gasteiger partial charge is 0.462 e. The first-order valence-corrected chi connectivity index (χ1v) is 13.2. The Morgan fingerprint density at radius 3 is 2.94 bits per heavy atom. The number of thiophene rings is 1. The SMILES string of the molecule is CCOC(=O)c1c(NC(=O)CSc2nnc3c(C)cc4ccccc4n23)sc2c1CC[C@@H](C)C2. The molecule has 176 valence electrons. The van der Waals surface area contributed by atoms with Gasteiger partial charge in [-0.05, 0) is 67.7 Å². The lowest BCUT2D eigenvalue weighted by Gasteiger charge is -2.18. The summed E-state index contributed by atoms with van der Waals surface area (Å²) in [5.41, 5.74) is 4.38. The van der Waals surface area contributed by atoms with Crippen molar-refractivity contribution in [1.82, 2.24) is 14.6 Å². The molecule has 0 bridgehead atoms. The van der Waals surface area contributed by atoms with Crippen molar-refractivity contribution < 1.29 is 14.3 Å². The molecule has 1 aliphatic rings. The van der Waals surface area contributed by atoms with Gasteiger partial charge < -0.3 is 10.1 Å². The molecule has 1 amide bonds. The van der Waals surface area contributed by atoms with Crippen molar-refractivity contribution in [2.45, 2.75) is 45.2 Å². The van der Waals surface area contributed by atoms with Crippen molar-refractivity contribution in [2.24, 2.45) is 5.92 Å². The average Bonchev–Trinajstić information content (AvgIpc) is 3.39. The highest BCUT2D eigenvalue weighted by atomic mass is 32.2. The molecular formula is C25H26N4O3S2. The summed E-state index contributed by atoms with van der Waals surface area (Å²) in [6.07, 6.45) is 2.80. The van der Waals surface area contributed by atoms with Crippen LogP contribution in [0.4, 0.5) is 5.00 Å². The Labute approximate surface area is 205 Å². The van der Waals surface area contributed by atoms with Crippen molar-refractivity contribution in [3.05, 3.63) is 51.9 Å². The first-order chi connectivity index (χ1) is 16.5. The summed E-state index contributed by atoms with van der Waals surface area (Å²) >= 11 is 2.84. The van der Waals surface area contributed by atoms with Gasteiger partial charge in [0.15, 0.2) is 10.8 Å². The van der Waals surface area contributed by atoms with Crippen molar-refractivity contribution in [2.75, 3.05) is 17.7 Å². The number of nitrogens with zero attached hydrogens (tertiary/aromatic N) is 3. The van der Waals surface area contributed by atoms with Crippen LogP contribution in [0.25, 0.3) is 16.6 Å². The lowest BCUT2D eigenvalue weighted by Crippen LogP contribution is -2.17. The van der Waals surface area contributed by atoms with Gasteiger partial charge in [0, 0.05) is 4.88 Å². The van der Waals surface area contributed by atoms with Crippen LogP contribution in [-0.4, -0.2) is 38.8 Å². The van der Waals surface area contributed by atoms with Gasteiger partial charge in [-0.1, -0.05) is 36.9 Å².